The van der Waals surface area contributed by atoms with E-state index in [2.05, 4.69) is 6.92 Å². The molecule has 1 aromatic carbocycles. The minimum absolute atomic E-state index is 0.0155. The largest absolute Gasteiger partial charge is 0.496 e. The van der Waals surface area contributed by atoms with Crippen LogP contribution in [-0.2, 0) is 5.60 Å². The average Bonchev–Trinajstić information content (AvgIpc) is 2.98. The number of benzene rings is 1. The van der Waals surface area contributed by atoms with Gasteiger partial charge >= 0.3 is 0 Å². The zero-order chi connectivity index (χ0) is 11.1. The fourth-order valence-corrected chi connectivity index (χ4v) is 2.05. The van der Waals surface area contributed by atoms with Crippen molar-refractivity contribution in [2.75, 3.05) is 7.11 Å². The van der Waals surface area contributed by atoms with Crippen molar-refractivity contribution >= 4 is 0 Å². The van der Waals surface area contributed by atoms with Crippen molar-refractivity contribution in [3.63, 3.8) is 0 Å². The van der Waals surface area contributed by atoms with Crippen molar-refractivity contribution in [3.8, 4) is 5.75 Å². The van der Waals surface area contributed by atoms with Crippen LogP contribution in [0.4, 0.5) is 0 Å². The standard InChI is InChI=1S/C13H18O2/c1-12(8-9-12)13(2,14)10-6-4-5-7-11(10)15-3/h4-7,14H,8-9H2,1-3H3. The first-order valence-electron chi connectivity index (χ1n) is 5.37. The fourth-order valence-electron chi connectivity index (χ4n) is 2.05. The molecule has 0 aromatic heterocycles. The molecule has 2 rings (SSSR count). The van der Waals surface area contributed by atoms with Gasteiger partial charge in [-0.1, -0.05) is 25.1 Å². The second kappa shape index (κ2) is 3.24. The van der Waals surface area contributed by atoms with Crippen LogP contribution >= 0.6 is 0 Å². The van der Waals surface area contributed by atoms with Gasteiger partial charge in [0, 0.05) is 11.0 Å². The fraction of sp³-hybridized carbons (Fsp3) is 0.538. The summed E-state index contributed by atoms with van der Waals surface area (Å²) in [5.74, 6) is 0.774. The van der Waals surface area contributed by atoms with Crippen molar-refractivity contribution in [2.45, 2.75) is 32.3 Å². The number of ether oxygens (including phenoxy) is 1. The normalized spacial score (nSPS) is 21.9. The van der Waals surface area contributed by atoms with Crippen LogP contribution in [0.25, 0.3) is 0 Å². The molecule has 1 aromatic rings. The van der Waals surface area contributed by atoms with E-state index in [0.717, 1.165) is 24.2 Å². The molecule has 1 saturated carbocycles. The zero-order valence-corrected chi connectivity index (χ0v) is 9.58. The number of hydrogen-bond acceptors (Lipinski definition) is 2. The van der Waals surface area contributed by atoms with E-state index in [4.69, 9.17) is 4.74 Å². The highest BCUT2D eigenvalue weighted by atomic mass is 16.5. The van der Waals surface area contributed by atoms with Crippen LogP contribution in [-0.4, -0.2) is 12.2 Å². The quantitative estimate of drug-likeness (QED) is 0.824. The Bertz CT molecular complexity index is 365. The molecule has 0 saturated heterocycles. The van der Waals surface area contributed by atoms with Gasteiger partial charge in [-0.2, -0.15) is 0 Å². The molecule has 2 heteroatoms. The lowest BCUT2D eigenvalue weighted by Crippen LogP contribution is -2.31. The maximum absolute atomic E-state index is 10.6. The van der Waals surface area contributed by atoms with E-state index in [1.807, 2.05) is 31.2 Å². The molecule has 1 N–H and O–H groups in total. The lowest BCUT2D eigenvalue weighted by molar-refractivity contribution is -0.0145. The Balaban J connectivity index is 2.44. The van der Waals surface area contributed by atoms with Crippen molar-refractivity contribution in [2.24, 2.45) is 5.41 Å². The van der Waals surface area contributed by atoms with Crippen LogP contribution in [0.2, 0.25) is 0 Å². The third-order valence-electron chi connectivity index (χ3n) is 3.81. The SMILES string of the molecule is COc1ccccc1C(C)(O)C1(C)CC1. The summed E-state index contributed by atoms with van der Waals surface area (Å²) >= 11 is 0. The minimum atomic E-state index is -0.792. The van der Waals surface area contributed by atoms with Crippen molar-refractivity contribution in [1.29, 1.82) is 0 Å². The van der Waals surface area contributed by atoms with Crippen LogP contribution in [0.3, 0.4) is 0 Å². The maximum atomic E-state index is 10.6. The highest BCUT2D eigenvalue weighted by Crippen LogP contribution is 2.58. The predicted molar refractivity (Wildman–Crippen MR) is 59.9 cm³/mol. The Morgan fingerprint density at radius 2 is 1.93 bits per heavy atom. The summed E-state index contributed by atoms with van der Waals surface area (Å²) in [4.78, 5) is 0. The molecule has 0 bridgehead atoms. The van der Waals surface area contributed by atoms with E-state index in [0.29, 0.717) is 0 Å². The second-order valence-electron chi connectivity index (χ2n) is 4.83. The Morgan fingerprint density at radius 3 is 2.47 bits per heavy atom. The van der Waals surface area contributed by atoms with Gasteiger partial charge in [-0.25, -0.2) is 0 Å². The summed E-state index contributed by atoms with van der Waals surface area (Å²) in [7, 11) is 1.64. The topological polar surface area (TPSA) is 29.5 Å². The Hall–Kier alpha value is -1.02. The number of para-hydroxylation sites is 1. The summed E-state index contributed by atoms with van der Waals surface area (Å²) in [5, 5.41) is 10.6. The molecule has 0 spiro atoms. The Morgan fingerprint density at radius 1 is 1.33 bits per heavy atom. The molecule has 0 aliphatic heterocycles. The molecule has 2 nitrogen and oxygen atoms in total. The van der Waals surface area contributed by atoms with Gasteiger partial charge < -0.3 is 9.84 Å². The second-order valence-corrected chi connectivity index (χ2v) is 4.83. The molecule has 15 heavy (non-hydrogen) atoms. The highest BCUT2D eigenvalue weighted by molar-refractivity contribution is 5.39. The summed E-state index contributed by atoms with van der Waals surface area (Å²) < 4.78 is 5.29. The van der Waals surface area contributed by atoms with Crippen molar-refractivity contribution in [3.05, 3.63) is 29.8 Å². The van der Waals surface area contributed by atoms with Crippen molar-refractivity contribution < 1.29 is 9.84 Å². The van der Waals surface area contributed by atoms with Gasteiger partial charge in [0.05, 0.1) is 12.7 Å². The molecular weight excluding hydrogens is 188 g/mol. The first-order chi connectivity index (χ1) is 7.01. The van der Waals surface area contributed by atoms with Gasteiger partial charge in [-0.05, 0) is 25.8 Å². The van der Waals surface area contributed by atoms with Crippen LogP contribution in [0, 0.1) is 5.41 Å². The number of rotatable bonds is 3. The van der Waals surface area contributed by atoms with E-state index in [1.165, 1.54) is 0 Å². The van der Waals surface area contributed by atoms with Gasteiger partial charge in [0.2, 0.25) is 0 Å². The third kappa shape index (κ3) is 1.53. The third-order valence-corrected chi connectivity index (χ3v) is 3.81. The number of methoxy groups -OCH3 is 1. The molecule has 1 fully saturated rings. The molecular formula is C13H18O2. The van der Waals surface area contributed by atoms with Gasteiger partial charge in [-0.3, -0.25) is 0 Å². The first-order valence-corrected chi connectivity index (χ1v) is 5.37. The van der Waals surface area contributed by atoms with Gasteiger partial charge in [0.15, 0.2) is 0 Å². The van der Waals surface area contributed by atoms with Crippen LogP contribution < -0.4 is 4.74 Å². The van der Waals surface area contributed by atoms with E-state index in [1.54, 1.807) is 7.11 Å². The van der Waals surface area contributed by atoms with E-state index < -0.39 is 5.60 Å². The summed E-state index contributed by atoms with van der Waals surface area (Å²) in [5.41, 5.74) is 0.119. The zero-order valence-electron chi connectivity index (χ0n) is 9.58. The van der Waals surface area contributed by atoms with Crippen molar-refractivity contribution in [1.82, 2.24) is 0 Å². The van der Waals surface area contributed by atoms with Gasteiger partial charge in [0.1, 0.15) is 5.75 Å². The van der Waals surface area contributed by atoms with Gasteiger partial charge in [-0.15, -0.1) is 0 Å². The van der Waals surface area contributed by atoms with E-state index in [-0.39, 0.29) is 5.41 Å². The van der Waals surface area contributed by atoms with Crippen LogP contribution in [0.1, 0.15) is 32.3 Å². The predicted octanol–water partition coefficient (Wildman–Crippen LogP) is 2.70. The minimum Gasteiger partial charge on any atom is -0.496 e. The highest BCUT2D eigenvalue weighted by Gasteiger charge is 2.53. The monoisotopic (exact) mass is 206 g/mol. The lowest BCUT2D eigenvalue weighted by Gasteiger charge is -2.32. The van der Waals surface area contributed by atoms with Crippen LogP contribution in [0.15, 0.2) is 24.3 Å². The summed E-state index contributed by atoms with van der Waals surface area (Å²) in [6.45, 7) is 4.01. The van der Waals surface area contributed by atoms with Gasteiger partial charge in [0.25, 0.3) is 0 Å². The molecule has 0 amide bonds. The maximum Gasteiger partial charge on any atom is 0.124 e. The smallest absolute Gasteiger partial charge is 0.124 e. The summed E-state index contributed by atoms with van der Waals surface area (Å²) in [6, 6.07) is 7.71. The molecule has 1 atom stereocenters. The molecule has 0 heterocycles. The molecule has 1 aliphatic carbocycles. The Labute approximate surface area is 90.9 Å². The number of hydrogen-bond donors (Lipinski definition) is 1. The molecule has 82 valence electrons. The van der Waals surface area contributed by atoms with E-state index in [9.17, 15) is 5.11 Å². The molecule has 1 unspecified atom stereocenters. The number of aliphatic hydroxyl groups is 1. The molecule has 0 radical (unpaired) electrons. The Kier molecular flexibility index (Phi) is 2.27. The lowest BCUT2D eigenvalue weighted by atomic mass is 9.81. The van der Waals surface area contributed by atoms with Crippen LogP contribution in [0.5, 0.6) is 5.75 Å². The first kappa shape index (κ1) is 10.5. The van der Waals surface area contributed by atoms with E-state index >= 15 is 0 Å². The average molecular weight is 206 g/mol. The summed E-state index contributed by atoms with van der Waals surface area (Å²) in [6.07, 6.45) is 2.16. The molecule has 1 aliphatic rings.